The van der Waals surface area contributed by atoms with E-state index in [0.717, 1.165) is 18.4 Å². The highest BCUT2D eigenvalue weighted by Crippen LogP contribution is 2.34. The van der Waals surface area contributed by atoms with Gasteiger partial charge in [-0.1, -0.05) is 12.1 Å². The van der Waals surface area contributed by atoms with Crippen molar-refractivity contribution in [1.29, 1.82) is 0 Å². The lowest BCUT2D eigenvalue weighted by Gasteiger charge is -2.30. The molecule has 7 heteroatoms. The van der Waals surface area contributed by atoms with Crippen molar-refractivity contribution in [2.45, 2.75) is 18.8 Å². The zero-order chi connectivity index (χ0) is 16.5. The highest BCUT2D eigenvalue weighted by molar-refractivity contribution is 7.18. The molecule has 0 atom stereocenters. The number of thiazole rings is 1. The van der Waals surface area contributed by atoms with Gasteiger partial charge < -0.3 is 10.6 Å². The molecule has 1 aliphatic heterocycles. The number of piperidine rings is 1. The first kappa shape index (κ1) is 15.0. The second kappa shape index (κ2) is 6.16. The fourth-order valence-corrected chi connectivity index (χ4v) is 4.19. The zero-order valence-electron chi connectivity index (χ0n) is 13.1. The average molecular weight is 339 g/mol. The maximum Gasteiger partial charge on any atom is 0.276 e. The summed E-state index contributed by atoms with van der Waals surface area (Å²) in [5.41, 5.74) is 7.07. The summed E-state index contributed by atoms with van der Waals surface area (Å²) in [6, 6.07) is 8.20. The summed E-state index contributed by atoms with van der Waals surface area (Å²) in [5, 5.41) is 1.17. The molecule has 1 aliphatic rings. The van der Waals surface area contributed by atoms with Gasteiger partial charge in [0.2, 0.25) is 0 Å². The van der Waals surface area contributed by atoms with E-state index in [1.54, 1.807) is 11.3 Å². The summed E-state index contributed by atoms with van der Waals surface area (Å²) < 4.78 is 1.22. The van der Waals surface area contributed by atoms with Gasteiger partial charge in [-0.15, -0.1) is 11.3 Å². The number of carbonyl (C=O) groups is 1. The standard InChI is InChI=1S/C17H17N5OS/c18-15-14(19-7-8-20-15)17(23)22-9-5-11(6-10-22)16-21-12-3-1-2-4-13(12)24-16/h1-4,7-8,11H,5-6,9-10H2,(H2,18,20). The first-order valence-electron chi connectivity index (χ1n) is 7.93. The Balaban J connectivity index is 1.47. The van der Waals surface area contributed by atoms with Gasteiger partial charge in [-0.05, 0) is 25.0 Å². The molecule has 0 radical (unpaired) electrons. The van der Waals surface area contributed by atoms with Gasteiger partial charge in [0, 0.05) is 31.4 Å². The molecule has 6 nitrogen and oxygen atoms in total. The Bertz CT molecular complexity index is 852. The summed E-state index contributed by atoms with van der Waals surface area (Å²) in [6.07, 6.45) is 4.81. The van der Waals surface area contributed by atoms with Crippen LogP contribution in [0.5, 0.6) is 0 Å². The van der Waals surface area contributed by atoms with Crippen molar-refractivity contribution < 1.29 is 4.79 Å². The summed E-state index contributed by atoms with van der Waals surface area (Å²) >= 11 is 1.76. The van der Waals surface area contributed by atoms with Crippen molar-refractivity contribution in [2.24, 2.45) is 0 Å². The molecule has 4 rings (SSSR count). The number of anilines is 1. The van der Waals surface area contributed by atoms with E-state index in [9.17, 15) is 4.79 Å². The largest absolute Gasteiger partial charge is 0.382 e. The Morgan fingerprint density at radius 3 is 2.67 bits per heavy atom. The van der Waals surface area contributed by atoms with Crippen molar-refractivity contribution in [3.8, 4) is 0 Å². The molecule has 2 N–H and O–H groups in total. The van der Waals surface area contributed by atoms with Crippen LogP contribution in [0.2, 0.25) is 0 Å². The van der Waals surface area contributed by atoms with Crippen LogP contribution in [0.25, 0.3) is 10.2 Å². The Kier molecular flexibility index (Phi) is 3.86. The summed E-state index contributed by atoms with van der Waals surface area (Å²) in [4.78, 5) is 27.1. The van der Waals surface area contributed by atoms with Crippen LogP contribution in [0.3, 0.4) is 0 Å². The monoisotopic (exact) mass is 339 g/mol. The molecule has 1 amide bonds. The number of nitrogen functional groups attached to an aromatic ring is 1. The van der Waals surface area contributed by atoms with Crippen LogP contribution in [0.4, 0.5) is 5.82 Å². The van der Waals surface area contributed by atoms with E-state index in [4.69, 9.17) is 10.7 Å². The molecule has 3 aromatic rings. The normalized spacial score (nSPS) is 15.8. The number of para-hydroxylation sites is 1. The number of hydrogen-bond acceptors (Lipinski definition) is 6. The molecule has 24 heavy (non-hydrogen) atoms. The lowest BCUT2D eigenvalue weighted by Crippen LogP contribution is -2.38. The highest BCUT2D eigenvalue weighted by atomic mass is 32.1. The summed E-state index contributed by atoms with van der Waals surface area (Å²) in [5.74, 6) is 0.463. The van der Waals surface area contributed by atoms with Gasteiger partial charge >= 0.3 is 0 Å². The molecule has 0 aliphatic carbocycles. The van der Waals surface area contributed by atoms with E-state index < -0.39 is 0 Å². The molecule has 0 spiro atoms. The zero-order valence-corrected chi connectivity index (χ0v) is 13.9. The van der Waals surface area contributed by atoms with Gasteiger partial charge in [0.15, 0.2) is 11.5 Å². The maximum atomic E-state index is 12.5. The third kappa shape index (κ3) is 2.71. The van der Waals surface area contributed by atoms with E-state index in [1.165, 1.54) is 22.1 Å². The van der Waals surface area contributed by atoms with Crippen LogP contribution >= 0.6 is 11.3 Å². The predicted octanol–water partition coefficient (Wildman–Crippen LogP) is 2.69. The van der Waals surface area contributed by atoms with E-state index in [0.29, 0.717) is 19.0 Å². The summed E-state index contributed by atoms with van der Waals surface area (Å²) in [6.45, 7) is 1.38. The molecule has 1 aromatic carbocycles. The van der Waals surface area contributed by atoms with Gasteiger partial charge in [0.25, 0.3) is 5.91 Å². The lowest BCUT2D eigenvalue weighted by atomic mass is 9.97. The van der Waals surface area contributed by atoms with Gasteiger partial charge in [0.1, 0.15) is 0 Å². The van der Waals surface area contributed by atoms with Crippen LogP contribution in [0.1, 0.15) is 34.3 Å². The van der Waals surface area contributed by atoms with Crippen LogP contribution in [-0.2, 0) is 0 Å². The second-order valence-electron chi connectivity index (χ2n) is 5.88. The van der Waals surface area contributed by atoms with Crippen molar-refractivity contribution in [2.75, 3.05) is 18.8 Å². The molecule has 0 unspecified atom stereocenters. The number of nitrogens with zero attached hydrogens (tertiary/aromatic N) is 4. The van der Waals surface area contributed by atoms with Crippen molar-refractivity contribution in [3.63, 3.8) is 0 Å². The number of nitrogens with two attached hydrogens (primary N) is 1. The summed E-state index contributed by atoms with van der Waals surface area (Å²) in [7, 11) is 0. The predicted molar refractivity (Wildman–Crippen MR) is 93.9 cm³/mol. The van der Waals surface area contributed by atoms with Crippen molar-refractivity contribution >= 4 is 33.3 Å². The molecule has 2 aromatic heterocycles. The van der Waals surface area contributed by atoms with E-state index in [1.807, 2.05) is 23.1 Å². The topological polar surface area (TPSA) is 85.0 Å². The van der Waals surface area contributed by atoms with Crippen LogP contribution in [0.15, 0.2) is 36.7 Å². The Labute approximate surface area is 143 Å². The highest BCUT2D eigenvalue weighted by Gasteiger charge is 2.28. The molecule has 3 heterocycles. The number of likely N-dealkylation sites (tertiary alicyclic amines) is 1. The number of hydrogen-bond donors (Lipinski definition) is 1. The van der Waals surface area contributed by atoms with Gasteiger partial charge in [-0.2, -0.15) is 0 Å². The van der Waals surface area contributed by atoms with Crippen LogP contribution in [0, 0.1) is 0 Å². The fraction of sp³-hybridized carbons (Fsp3) is 0.294. The van der Waals surface area contributed by atoms with E-state index in [-0.39, 0.29) is 17.4 Å². The average Bonchev–Trinajstić information content (AvgIpc) is 3.06. The SMILES string of the molecule is Nc1nccnc1C(=O)N1CCC(c2nc3ccccc3s2)CC1. The minimum atomic E-state index is -0.136. The first-order chi connectivity index (χ1) is 11.7. The smallest absolute Gasteiger partial charge is 0.276 e. The Hall–Kier alpha value is -2.54. The van der Waals surface area contributed by atoms with Crippen LogP contribution < -0.4 is 5.73 Å². The molecule has 1 fully saturated rings. The number of rotatable bonds is 2. The third-order valence-electron chi connectivity index (χ3n) is 4.37. The first-order valence-corrected chi connectivity index (χ1v) is 8.75. The number of fused-ring (bicyclic) bond motifs is 1. The van der Waals surface area contributed by atoms with E-state index in [2.05, 4.69) is 16.0 Å². The minimum Gasteiger partial charge on any atom is -0.382 e. The quantitative estimate of drug-likeness (QED) is 0.776. The number of carbonyl (C=O) groups excluding carboxylic acids is 1. The van der Waals surface area contributed by atoms with Gasteiger partial charge in [-0.25, -0.2) is 15.0 Å². The molecule has 1 saturated heterocycles. The van der Waals surface area contributed by atoms with Crippen molar-refractivity contribution in [1.82, 2.24) is 19.9 Å². The molecule has 0 saturated carbocycles. The molecule has 122 valence electrons. The third-order valence-corrected chi connectivity index (χ3v) is 5.57. The fourth-order valence-electron chi connectivity index (χ4n) is 3.06. The Morgan fingerprint density at radius 1 is 1.17 bits per heavy atom. The van der Waals surface area contributed by atoms with Gasteiger partial charge in [0.05, 0.1) is 15.2 Å². The van der Waals surface area contributed by atoms with Crippen LogP contribution in [-0.4, -0.2) is 38.8 Å². The van der Waals surface area contributed by atoms with Crippen molar-refractivity contribution in [3.05, 3.63) is 47.4 Å². The number of benzene rings is 1. The molecular formula is C17H17N5OS. The second-order valence-corrected chi connectivity index (χ2v) is 6.94. The Morgan fingerprint density at radius 2 is 1.92 bits per heavy atom. The molecule has 0 bridgehead atoms. The minimum absolute atomic E-state index is 0.136. The maximum absolute atomic E-state index is 12.5. The van der Waals surface area contributed by atoms with Gasteiger partial charge in [-0.3, -0.25) is 4.79 Å². The number of aromatic nitrogens is 3. The molecular weight excluding hydrogens is 322 g/mol. The number of amides is 1. The van der Waals surface area contributed by atoms with E-state index >= 15 is 0 Å². The lowest BCUT2D eigenvalue weighted by molar-refractivity contribution is 0.0708.